The number of rotatable bonds is 18. The number of carbonyl (C=O) groups excluding carboxylic acids is 3. The van der Waals surface area contributed by atoms with Gasteiger partial charge in [-0.3, -0.25) is 0 Å². The van der Waals surface area contributed by atoms with Gasteiger partial charge in [0.25, 0.3) is 0 Å². The van der Waals surface area contributed by atoms with Gasteiger partial charge in [0.2, 0.25) is 0 Å². The average molecular weight is 720 g/mol. The Labute approximate surface area is 261 Å². The first-order valence-corrected chi connectivity index (χ1v) is 22.5. The normalized spacial score (nSPS) is 11.0. The zero-order chi connectivity index (χ0) is 29.2. The van der Waals surface area contributed by atoms with E-state index in [1.165, 1.54) is 35.3 Å². The molecule has 0 amide bonds. The Kier molecular flexibility index (Phi) is 15.6. The molecule has 3 aromatic carbocycles. The first-order chi connectivity index (χ1) is 20.0. The molecule has 0 aliphatic carbocycles. The van der Waals surface area contributed by atoms with Crippen LogP contribution in [0.2, 0.25) is 4.44 Å². The van der Waals surface area contributed by atoms with Crippen LogP contribution in [0.4, 0.5) is 0 Å². The monoisotopic (exact) mass is 720 g/mol. The minimum atomic E-state index is -4.94. The predicted molar refractivity (Wildman–Crippen MR) is 172 cm³/mol. The van der Waals surface area contributed by atoms with Gasteiger partial charge in [0.1, 0.15) is 0 Å². The van der Waals surface area contributed by atoms with Gasteiger partial charge in [0.15, 0.2) is 0 Å². The molecule has 3 aromatic rings. The predicted octanol–water partition coefficient (Wildman–Crippen LogP) is 7.16. The van der Waals surface area contributed by atoms with Crippen molar-refractivity contribution in [2.75, 3.05) is 17.3 Å². The molecule has 218 valence electrons. The molecule has 0 spiro atoms. The number of carbonyl (C=O) groups is 3. The van der Waals surface area contributed by atoms with Crippen molar-refractivity contribution in [3.8, 4) is 0 Å². The molecule has 0 heterocycles. The van der Waals surface area contributed by atoms with E-state index in [1.807, 2.05) is 97.9 Å². The summed E-state index contributed by atoms with van der Waals surface area (Å²) in [5.41, 5.74) is 3.28. The van der Waals surface area contributed by atoms with Crippen molar-refractivity contribution < 1.29 is 23.6 Å². The van der Waals surface area contributed by atoms with Crippen LogP contribution in [0.1, 0.15) is 36.5 Å². The molecule has 0 aliphatic heterocycles. The van der Waals surface area contributed by atoms with Crippen molar-refractivity contribution in [1.29, 1.82) is 0 Å². The summed E-state index contributed by atoms with van der Waals surface area (Å²) in [5, 5.41) is 0. The topological polar surface area (TPSA) is 78.9 Å². The second-order valence-corrected chi connectivity index (χ2v) is 19.2. The summed E-state index contributed by atoms with van der Waals surface area (Å²) >= 11 is -0.716. The molecule has 10 heteroatoms. The molecular weight excluding hydrogens is 683 g/mol. The van der Waals surface area contributed by atoms with E-state index in [0.717, 1.165) is 23.1 Å². The van der Waals surface area contributed by atoms with Crippen LogP contribution in [0, 0.1) is 0 Å². The molecule has 0 radical (unpaired) electrons. The van der Waals surface area contributed by atoms with Crippen LogP contribution in [0.25, 0.3) is 0 Å². The molecular formula is C31H36O6S3Sn. The number of unbranched alkanes of at least 4 members (excludes halogenated alkanes) is 1. The van der Waals surface area contributed by atoms with E-state index in [9.17, 15) is 14.4 Å². The number of thioether (sulfide) groups is 3. The van der Waals surface area contributed by atoms with E-state index in [-0.39, 0.29) is 21.7 Å². The van der Waals surface area contributed by atoms with Gasteiger partial charge in [0, 0.05) is 0 Å². The first kappa shape index (κ1) is 33.4. The molecule has 0 bridgehead atoms. The maximum atomic E-state index is 13.0. The Balaban J connectivity index is 1.63. The Morgan fingerprint density at radius 3 is 1.17 bits per heavy atom. The Morgan fingerprint density at radius 2 is 0.878 bits per heavy atom. The minimum absolute atomic E-state index is 0.0697. The third-order valence-electron chi connectivity index (χ3n) is 5.64. The maximum absolute atomic E-state index is 13.0. The summed E-state index contributed by atoms with van der Waals surface area (Å²) in [6.45, 7) is 1.99. The summed E-state index contributed by atoms with van der Waals surface area (Å²) in [7, 11) is 0. The summed E-state index contributed by atoms with van der Waals surface area (Å²) < 4.78 is 18.0. The van der Waals surface area contributed by atoms with E-state index in [2.05, 4.69) is 0 Å². The molecule has 41 heavy (non-hydrogen) atoms. The Bertz CT molecular complexity index is 1050. The molecule has 0 unspecified atom stereocenters. The zero-order valence-electron chi connectivity index (χ0n) is 23.2. The fourth-order valence-corrected chi connectivity index (χ4v) is 13.9. The van der Waals surface area contributed by atoms with Crippen LogP contribution >= 0.6 is 35.3 Å². The van der Waals surface area contributed by atoms with Crippen molar-refractivity contribution in [2.24, 2.45) is 0 Å². The van der Waals surface area contributed by atoms with Gasteiger partial charge in [-0.2, -0.15) is 0 Å². The fourth-order valence-electron chi connectivity index (χ4n) is 3.70. The van der Waals surface area contributed by atoms with Crippen LogP contribution in [0.15, 0.2) is 91.0 Å². The summed E-state index contributed by atoms with van der Waals surface area (Å²) in [6, 6.07) is 29.5. The second-order valence-electron chi connectivity index (χ2n) is 9.14. The van der Waals surface area contributed by atoms with Crippen molar-refractivity contribution in [2.45, 2.75) is 41.5 Å². The van der Waals surface area contributed by atoms with Gasteiger partial charge < -0.3 is 0 Å². The van der Waals surface area contributed by atoms with Gasteiger partial charge in [-0.1, -0.05) is 0 Å². The number of benzene rings is 3. The fraction of sp³-hybridized carbons (Fsp3) is 0.323. The zero-order valence-corrected chi connectivity index (χ0v) is 28.5. The molecule has 0 N–H and O–H groups in total. The SMILES string of the molecule is CCC[CH2][Sn]([O]C(=O)CSCc1ccccc1)([O]C(=O)CSCc1ccccc1)[O]C(=O)CSCc1ccccc1. The van der Waals surface area contributed by atoms with Crippen molar-refractivity contribution in [3.63, 3.8) is 0 Å². The van der Waals surface area contributed by atoms with Crippen LogP contribution in [0.3, 0.4) is 0 Å². The molecule has 0 saturated carbocycles. The summed E-state index contributed by atoms with van der Waals surface area (Å²) in [5.74, 6) is 0.561. The molecule has 0 aliphatic rings. The van der Waals surface area contributed by atoms with E-state index in [4.69, 9.17) is 9.22 Å². The first-order valence-electron chi connectivity index (χ1n) is 13.5. The van der Waals surface area contributed by atoms with Gasteiger partial charge in [-0.15, -0.1) is 0 Å². The van der Waals surface area contributed by atoms with Crippen LogP contribution in [-0.2, 0) is 40.9 Å². The van der Waals surface area contributed by atoms with E-state index < -0.39 is 37.5 Å². The molecule has 0 atom stereocenters. The van der Waals surface area contributed by atoms with E-state index in [0.29, 0.717) is 23.7 Å². The quantitative estimate of drug-likeness (QED) is 0.127. The molecule has 0 fully saturated rings. The van der Waals surface area contributed by atoms with Crippen LogP contribution < -0.4 is 0 Å². The van der Waals surface area contributed by atoms with Crippen molar-refractivity contribution in [1.82, 2.24) is 0 Å². The average Bonchev–Trinajstić information content (AvgIpc) is 2.98. The second kappa shape index (κ2) is 19.2. The van der Waals surface area contributed by atoms with Crippen LogP contribution in [-0.4, -0.2) is 54.8 Å². The molecule has 3 rings (SSSR count). The Morgan fingerprint density at radius 1 is 0.561 bits per heavy atom. The van der Waals surface area contributed by atoms with Crippen LogP contribution in [0.5, 0.6) is 0 Å². The van der Waals surface area contributed by atoms with Gasteiger partial charge in [0.05, 0.1) is 0 Å². The summed E-state index contributed by atoms with van der Waals surface area (Å²) in [4.78, 5) is 39.0. The van der Waals surface area contributed by atoms with E-state index >= 15 is 0 Å². The van der Waals surface area contributed by atoms with Gasteiger partial charge >= 0.3 is 263 Å². The number of hydrogen-bond donors (Lipinski definition) is 0. The molecule has 6 nitrogen and oxygen atoms in total. The third kappa shape index (κ3) is 13.6. The third-order valence-corrected chi connectivity index (χ3v) is 15.9. The standard InChI is InChI=1S/3C9H10O2S.C4H9.Sn/c3*10-9(11)7-12-6-8-4-2-1-3-5-8;1-3-4-2;/h3*1-5H,6-7H2,(H,10,11);1,3-4H2,2H3;/q;;;;+3/p-3. The van der Waals surface area contributed by atoms with Gasteiger partial charge in [-0.05, 0) is 0 Å². The molecule has 0 aromatic heterocycles. The Hall–Kier alpha value is -2.08. The van der Waals surface area contributed by atoms with E-state index in [1.54, 1.807) is 0 Å². The number of hydrogen-bond acceptors (Lipinski definition) is 9. The van der Waals surface area contributed by atoms with Gasteiger partial charge in [-0.25, -0.2) is 0 Å². The molecule has 0 saturated heterocycles. The summed E-state index contributed by atoms with van der Waals surface area (Å²) in [6.07, 6.45) is 1.40. The van der Waals surface area contributed by atoms with Crippen molar-refractivity contribution in [3.05, 3.63) is 108 Å². The van der Waals surface area contributed by atoms with Crippen molar-refractivity contribution >= 4 is 72.8 Å².